The molecule has 0 saturated carbocycles. The van der Waals surface area contributed by atoms with Crippen LogP contribution in [0, 0.1) is 5.82 Å². The normalized spacial score (nSPS) is 16.7. The number of urea groups is 1. The van der Waals surface area contributed by atoms with Gasteiger partial charge in [-0.05, 0) is 48.6 Å². The Morgan fingerprint density at radius 2 is 1.96 bits per heavy atom. The zero-order chi connectivity index (χ0) is 16.1. The fraction of sp³-hybridized carbons (Fsp3) is 0.353. The standard InChI is InChI=1S/C17H19FN2O2S/c18-13-3-5-14(6-4-13)20-16(21)19-12-17(7-9-22-10-8-17)15-2-1-11-23-15/h1-6,11H,7-10,12H2,(H2,19,20,21). The van der Waals surface area contributed by atoms with E-state index in [-0.39, 0.29) is 17.3 Å². The highest BCUT2D eigenvalue weighted by molar-refractivity contribution is 7.10. The van der Waals surface area contributed by atoms with E-state index in [1.807, 2.05) is 6.07 Å². The maximum atomic E-state index is 12.9. The van der Waals surface area contributed by atoms with E-state index in [1.54, 1.807) is 23.5 Å². The van der Waals surface area contributed by atoms with Crippen LogP contribution < -0.4 is 10.6 Å². The molecule has 2 amide bonds. The molecule has 2 N–H and O–H groups in total. The zero-order valence-electron chi connectivity index (χ0n) is 12.7. The average Bonchev–Trinajstić information content (AvgIpc) is 3.11. The Morgan fingerprint density at radius 3 is 2.61 bits per heavy atom. The summed E-state index contributed by atoms with van der Waals surface area (Å²) >= 11 is 1.72. The van der Waals surface area contributed by atoms with Gasteiger partial charge in [0, 0.05) is 35.7 Å². The molecular formula is C17H19FN2O2S. The zero-order valence-corrected chi connectivity index (χ0v) is 13.5. The van der Waals surface area contributed by atoms with Crippen molar-refractivity contribution in [2.75, 3.05) is 25.1 Å². The highest BCUT2D eigenvalue weighted by Gasteiger charge is 2.35. The number of halogens is 1. The summed E-state index contributed by atoms with van der Waals surface area (Å²) in [4.78, 5) is 13.4. The number of hydrogen-bond donors (Lipinski definition) is 2. The van der Waals surface area contributed by atoms with Gasteiger partial charge in [-0.2, -0.15) is 0 Å². The summed E-state index contributed by atoms with van der Waals surface area (Å²) in [6.07, 6.45) is 1.79. The van der Waals surface area contributed by atoms with E-state index in [2.05, 4.69) is 22.1 Å². The number of rotatable bonds is 4. The van der Waals surface area contributed by atoms with Gasteiger partial charge in [-0.3, -0.25) is 0 Å². The summed E-state index contributed by atoms with van der Waals surface area (Å²) in [5.41, 5.74) is 0.507. The van der Waals surface area contributed by atoms with Crippen LogP contribution >= 0.6 is 11.3 Å². The van der Waals surface area contributed by atoms with Crippen molar-refractivity contribution in [1.82, 2.24) is 5.32 Å². The summed E-state index contributed by atoms with van der Waals surface area (Å²) < 4.78 is 18.4. The monoisotopic (exact) mass is 334 g/mol. The molecule has 0 atom stereocenters. The van der Waals surface area contributed by atoms with Gasteiger partial charge in [0.2, 0.25) is 0 Å². The number of hydrogen-bond acceptors (Lipinski definition) is 3. The SMILES string of the molecule is O=C(NCC1(c2cccs2)CCOCC1)Nc1ccc(F)cc1. The van der Waals surface area contributed by atoms with Gasteiger partial charge >= 0.3 is 6.03 Å². The van der Waals surface area contributed by atoms with Gasteiger partial charge in [-0.1, -0.05) is 6.07 Å². The predicted molar refractivity (Wildman–Crippen MR) is 89.5 cm³/mol. The smallest absolute Gasteiger partial charge is 0.319 e. The number of ether oxygens (including phenoxy) is 1. The van der Waals surface area contributed by atoms with Crippen LogP contribution in [0.2, 0.25) is 0 Å². The lowest BCUT2D eigenvalue weighted by atomic mass is 9.78. The third kappa shape index (κ3) is 3.89. The minimum atomic E-state index is -0.324. The molecule has 1 aliphatic rings. The topological polar surface area (TPSA) is 50.4 Å². The van der Waals surface area contributed by atoms with Gasteiger partial charge in [0.05, 0.1) is 0 Å². The van der Waals surface area contributed by atoms with Gasteiger partial charge in [-0.15, -0.1) is 11.3 Å². The first kappa shape index (κ1) is 16.0. The number of amides is 2. The number of benzene rings is 1. The van der Waals surface area contributed by atoms with E-state index in [0.29, 0.717) is 25.4 Å². The Bertz CT molecular complexity index is 637. The second-order valence-corrected chi connectivity index (χ2v) is 6.63. The molecule has 1 aliphatic heterocycles. The molecular weight excluding hydrogens is 315 g/mol. The molecule has 0 aliphatic carbocycles. The van der Waals surface area contributed by atoms with Crippen LogP contribution in [0.15, 0.2) is 41.8 Å². The van der Waals surface area contributed by atoms with Gasteiger partial charge < -0.3 is 15.4 Å². The van der Waals surface area contributed by atoms with E-state index in [4.69, 9.17) is 4.74 Å². The highest BCUT2D eigenvalue weighted by Crippen LogP contribution is 2.36. The fourth-order valence-corrected chi connectivity index (χ4v) is 3.80. The molecule has 0 radical (unpaired) electrons. The van der Waals surface area contributed by atoms with Crippen molar-refractivity contribution in [2.45, 2.75) is 18.3 Å². The Hall–Kier alpha value is -1.92. The summed E-state index contributed by atoms with van der Waals surface area (Å²) in [6, 6.07) is 9.60. The first-order valence-electron chi connectivity index (χ1n) is 7.60. The lowest BCUT2D eigenvalue weighted by molar-refractivity contribution is 0.0521. The van der Waals surface area contributed by atoms with Crippen molar-refractivity contribution in [3.63, 3.8) is 0 Å². The predicted octanol–water partition coefficient (Wildman–Crippen LogP) is 3.76. The van der Waals surface area contributed by atoms with Crippen molar-refractivity contribution in [2.24, 2.45) is 0 Å². The van der Waals surface area contributed by atoms with E-state index >= 15 is 0 Å². The maximum Gasteiger partial charge on any atom is 0.319 e. The molecule has 23 heavy (non-hydrogen) atoms. The average molecular weight is 334 g/mol. The largest absolute Gasteiger partial charge is 0.381 e. The summed E-state index contributed by atoms with van der Waals surface area (Å²) in [6.45, 7) is 1.97. The van der Waals surface area contributed by atoms with Gasteiger partial charge in [-0.25, -0.2) is 9.18 Å². The van der Waals surface area contributed by atoms with Crippen molar-refractivity contribution >= 4 is 23.1 Å². The molecule has 1 aromatic carbocycles. The minimum Gasteiger partial charge on any atom is -0.381 e. The summed E-state index contributed by atoms with van der Waals surface area (Å²) in [5, 5.41) is 7.74. The molecule has 1 saturated heterocycles. The third-order valence-corrected chi connectivity index (χ3v) is 5.30. The van der Waals surface area contributed by atoms with Crippen LogP contribution in [0.3, 0.4) is 0 Å². The molecule has 1 aromatic heterocycles. The Morgan fingerprint density at radius 1 is 1.22 bits per heavy atom. The van der Waals surface area contributed by atoms with E-state index in [0.717, 1.165) is 12.8 Å². The number of carbonyl (C=O) groups is 1. The maximum absolute atomic E-state index is 12.9. The van der Waals surface area contributed by atoms with Crippen LogP contribution in [0.1, 0.15) is 17.7 Å². The molecule has 6 heteroatoms. The number of carbonyl (C=O) groups excluding carboxylic acids is 1. The molecule has 3 rings (SSSR count). The van der Waals surface area contributed by atoms with Gasteiger partial charge in [0.15, 0.2) is 0 Å². The van der Waals surface area contributed by atoms with Gasteiger partial charge in [0.25, 0.3) is 0 Å². The van der Waals surface area contributed by atoms with Crippen LogP contribution in [0.5, 0.6) is 0 Å². The van der Waals surface area contributed by atoms with Crippen molar-refractivity contribution in [3.8, 4) is 0 Å². The minimum absolute atomic E-state index is 0.0629. The van der Waals surface area contributed by atoms with Crippen LogP contribution in [0.25, 0.3) is 0 Å². The fourth-order valence-electron chi connectivity index (χ4n) is 2.81. The summed E-state index contributed by atoms with van der Waals surface area (Å²) in [7, 11) is 0. The second kappa shape index (κ2) is 7.10. The van der Waals surface area contributed by atoms with Crippen molar-refractivity contribution in [1.29, 1.82) is 0 Å². The first-order valence-corrected chi connectivity index (χ1v) is 8.48. The highest BCUT2D eigenvalue weighted by atomic mass is 32.1. The van der Waals surface area contributed by atoms with Gasteiger partial charge in [0.1, 0.15) is 5.82 Å². The molecule has 4 nitrogen and oxygen atoms in total. The third-order valence-electron chi connectivity index (χ3n) is 4.18. The molecule has 122 valence electrons. The lowest BCUT2D eigenvalue weighted by Crippen LogP contribution is -2.45. The molecule has 0 unspecified atom stereocenters. The second-order valence-electron chi connectivity index (χ2n) is 5.68. The quantitative estimate of drug-likeness (QED) is 0.894. The van der Waals surface area contributed by atoms with Crippen LogP contribution in [-0.2, 0) is 10.2 Å². The lowest BCUT2D eigenvalue weighted by Gasteiger charge is -2.36. The van der Waals surface area contributed by atoms with E-state index in [9.17, 15) is 9.18 Å². The van der Waals surface area contributed by atoms with Crippen LogP contribution in [0.4, 0.5) is 14.9 Å². The van der Waals surface area contributed by atoms with Crippen LogP contribution in [-0.4, -0.2) is 25.8 Å². The van der Waals surface area contributed by atoms with E-state index in [1.165, 1.54) is 17.0 Å². The van der Waals surface area contributed by atoms with E-state index < -0.39 is 0 Å². The Kier molecular flexibility index (Phi) is 4.93. The molecule has 2 heterocycles. The molecule has 0 spiro atoms. The number of nitrogens with one attached hydrogen (secondary N) is 2. The summed E-state index contributed by atoms with van der Waals surface area (Å²) in [5.74, 6) is -0.324. The molecule has 0 bridgehead atoms. The molecule has 2 aromatic rings. The van der Waals surface area contributed by atoms with Crippen molar-refractivity contribution in [3.05, 3.63) is 52.5 Å². The van der Waals surface area contributed by atoms with Crippen molar-refractivity contribution < 1.29 is 13.9 Å². The Labute approximate surface area is 138 Å². The molecule has 1 fully saturated rings. The number of thiophene rings is 1. The number of anilines is 1. The Balaban J connectivity index is 1.62. The first-order chi connectivity index (χ1) is 11.2.